The van der Waals surface area contributed by atoms with Crippen molar-refractivity contribution in [2.24, 2.45) is 0 Å². The molecule has 0 saturated carbocycles. The standard InChI is InChI=1S/C17H18FNO2/c18-16-12-14(19)9-10-15(16)17(20)21-11-5-4-8-13-6-2-1-3-7-13/h1-3,6-7,9-10,12H,4-5,8,11,19H2. The topological polar surface area (TPSA) is 52.3 Å². The van der Waals surface area contributed by atoms with Gasteiger partial charge in [0.05, 0.1) is 12.2 Å². The SMILES string of the molecule is Nc1ccc(C(=O)OCCCCc2ccccc2)c(F)c1. The Morgan fingerprint density at radius 1 is 1.10 bits per heavy atom. The number of halogens is 1. The van der Waals surface area contributed by atoms with Gasteiger partial charge in [-0.15, -0.1) is 0 Å². The number of carbonyl (C=O) groups is 1. The van der Waals surface area contributed by atoms with Crippen molar-refractivity contribution < 1.29 is 13.9 Å². The van der Waals surface area contributed by atoms with E-state index in [2.05, 4.69) is 12.1 Å². The molecule has 3 nitrogen and oxygen atoms in total. The molecular formula is C17H18FNO2. The van der Waals surface area contributed by atoms with Crippen LogP contribution in [-0.2, 0) is 11.2 Å². The second-order valence-electron chi connectivity index (χ2n) is 4.82. The largest absolute Gasteiger partial charge is 0.462 e. The molecule has 0 aromatic heterocycles. The number of carbonyl (C=O) groups excluding carboxylic acids is 1. The molecule has 0 aliphatic carbocycles. The minimum absolute atomic E-state index is 0.0766. The maximum absolute atomic E-state index is 13.5. The Morgan fingerprint density at radius 2 is 1.86 bits per heavy atom. The van der Waals surface area contributed by atoms with Crippen LogP contribution in [0.25, 0.3) is 0 Å². The summed E-state index contributed by atoms with van der Waals surface area (Å²) in [5, 5.41) is 0. The van der Waals surface area contributed by atoms with Crippen molar-refractivity contribution in [2.45, 2.75) is 19.3 Å². The molecule has 110 valence electrons. The third kappa shape index (κ3) is 4.60. The minimum Gasteiger partial charge on any atom is -0.462 e. The van der Waals surface area contributed by atoms with Gasteiger partial charge in [-0.2, -0.15) is 0 Å². The number of ether oxygens (including phenoxy) is 1. The van der Waals surface area contributed by atoms with Gasteiger partial charge in [-0.3, -0.25) is 0 Å². The fraction of sp³-hybridized carbons (Fsp3) is 0.235. The molecule has 0 radical (unpaired) electrons. The zero-order valence-electron chi connectivity index (χ0n) is 11.7. The molecule has 0 aliphatic heterocycles. The Morgan fingerprint density at radius 3 is 2.57 bits per heavy atom. The number of hydrogen-bond donors (Lipinski definition) is 1. The van der Waals surface area contributed by atoms with Gasteiger partial charge in [0.25, 0.3) is 0 Å². The number of esters is 1. The molecule has 2 rings (SSSR count). The number of nitrogens with two attached hydrogens (primary N) is 1. The highest BCUT2D eigenvalue weighted by molar-refractivity contribution is 5.90. The molecule has 0 aliphatic rings. The molecule has 0 saturated heterocycles. The Labute approximate surface area is 123 Å². The number of anilines is 1. The third-order valence-electron chi connectivity index (χ3n) is 3.15. The van der Waals surface area contributed by atoms with Crippen molar-refractivity contribution in [3.05, 3.63) is 65.5 Å². The van der Waals surface area contributed by atoms with E-state index < -0.39 is 11.8 Å². The molecule has 0 fully saturated rings. The molecule has 2 N–H and O–H groups in total. The molecule has 0 spiro atoms. The quantitative estimate of drug-likeness (QED) is 0.502. The number of hydrogen-bond acceptors (Lipinski definition) is 3. The molecule has 0 atom stereocenters. The third-order valence-corrected chi connectivity index (χ3v) is 3.15. The van der Waals surface area contributed by atoms with Crippen molar-refractivity contribution in [1.29, 1.82) is 0 Å². The minimum atomic E-state index is -0.649. The first kappa shape index (κ1) is 15.0. The Bertz CT molecular complexity index is 599. The lowest BCUT2D eigenvalue weighted by Crippen LogP contribution is -2.09. The van der Waals surface area contributed by atoms with Gasteiger partial charge in [-0.25, -0.2) is 9.18 Å². The highest BCUT2D eigenvalue weighted by Crippen LogP contribution is 2.13. The molecule has 2 aromatic carbocycles. The summed E-state index contributed by atoms with van der Waals surface area (Å²) in [6.45, 7) is 0.287. The second kappa shape index (κ2) is 7.43. The predicted octanol–water partition coefficient (Wildman–Crippen LogP) is 3.59. The van der Waals surface area contributed by atoms with Gasteiger partial charge in [0, 0.05) is 5.69 Å². The summed E-state index contributed by atoms with van der Waals surface area (Å²) in [6.07, 6.45) is 2.60. The first-order valence-corrected chi connectivity index (χ1v) is 6.93. The molecule has 0 unspecified atom stereocenters. The molecule has 4 heteroatoms. The smallest absolute Gasteiger partial charge is 0.341 e. The summed E-state index contributed by atoms with van der Waals surface area (Å²) in [7, 11) is 0. The van der Waals surface area contributed by atoms with E-state index in [-0.39, 0.29) is 17.9 Å². The van der Waals surface area contributed by atoms with E-state index in [0.717, 1.165) is 25.3 Å². The van der Waals surface area contributed by atoms with E-state index in [0.29, 0.717) is 0 Å². The normalized spacial score (nSPS) is 10.3. The Balaban J connectivity index is 1.72. The van der Waals surface area contributed by atoms with E-state index in [9.17, 15) is 9.18 Å². The van der Waals surface area contributed by atoms with Crippen molar-refractivity contribution in [1.82, 2.24) is 0 Å². The Kier molecular flexibility index (Phi) is 5.32. The molecule has 2 aromatic rings. The summed E-state index contributed by atoms with van der Waals surface area (Å²) in [5.74, 6) is -1.29. The van der Waals surface area contributed by atoms with E-state index in [1.54, 1.807) is 0 Å². The monoisotopic (exact) mass is 287 g/mol. The average Bonchev–Trinajstić information content (AvgIpc) is 2.47. The highest BCUT2D eigenvalue weighted by Gasteiger charge is 2.12. The van der Waals surface area contributed by atoms with Crippen molar-refractivity contribution in [3.63, 3.8) is 0 Å². The van der Waals surface area contributed by atoms with Gasteiger partial charge >= 0.3 is 5.97 Å². The van der Waals surface area contributed by atoms with Gasteiger partial charge in [0.15, 0.2) is 0 Å². The summed E-state index contributed by atoms with van der Waals surface area (Å²) in [5.41, 5.74) is 6.90. The summed E-state index contributed by atoms with van der Waals surface area (Å²) >= 11 is 0. The number of aryl methyl sites for hydroxylation is 1. The zero-order valence-corrected chi connectivity index (χ0v) is 11.7. The molecule has 0 amide bonds. The van der Waals surface area contributed by atoms with Crippen LogP contribution in [0, 0.1) is 5.82 Å². The summed E-state index contributed by atoms with van der Waals surface area (Å²) < 4.78 is 18.6. The van der Waals surface area contributed by atoms with Crippen LogP contribution in [0.3, 0.4) is 0 Å². The Hall–Kier alpha value is -2.36. The molecule has 0 bridgehead atoms. The number of nitrogen functional groups attached to an aromatic ring is 1. The first-order chi connectivity index (χ1) is 10.2. The second-order valence-corrected chi connectivity index (χ2v) is 4.82. The fourth-order valence-corrected chi connectivity index (χ4v) is 2.02. The van der Waals surface area contributed by atoms with Crippen molar-refractivity contribution >= 4 is 11.7 Å². The van der Waals surface area contributed by atoms with Gasteiger partial charge in [-0.1, -0.05) is 30.3 Å². The van der Waals surface area contributed by atoms with Gasteiger partial charge in [0.1, 0.15) is 5.82 Å². The zero-order chi connectivity index (χ0) is 15.1. The first-order valence-electron chi connectivity index (χ1n) is 6.93. The lowest BCUT2D eigenvalue weighted by Gasteiger charge is -2.06. The van der Waals surface area contributed by atoms with E-state index in [1.807, 2.05) is 18.2 Å². The van der Waals surface area contributed by atoms with Gasteiger partial charge in [0.2, 0.25) is 0 Å². The average molecular weight is 287 g/mol. The van der Waals surface area contributed by atoms with Gasteiger partial charge < -0.3 is 10.5 Å². The summed E-state index contributed by atoms with van der Waals surface area (Å²) in [6, 6.07) is 14.1. The maximum atomic E-state index is 13.5. The number of unbranched alkanes of at least 4 members (excludes halogenated alkanes) is 1. The van der Waals surface area contributed by atoms with Crippen LogP contribution in [0.5, 0.6) is 0 Å². The van der Waals surface area contributed by atoms with Crippen LogP contribution in [0.4, 0.5) is 10.1 Å². The maximum Gasteiger partial charge on any atom is 0.341 e. The van der Waals surface area contributed by atoms with Crippen LogP contribution in [0.15, 0.2) is 48.5 Å². The van der Waals surface area contributed by atoms with Crippen molar-refractivity contribution in [3.8, 4) is 0 Å². The predicted molar refractivity (Wildman–Crippen MR) is 80.5 cm³/mol. The number of benzene rings is 2. The van der Waals surface area contributed by atoms with E-state index in [4.69, 9.17) is 10.5 Å². The lowest BCUT2D eigenvalue weighted by molar-refractivity contribution is 0.0493. The highest BCUT2D eigenvalue weighted by atomic mass is 19.1. The van der Waals surface area contributed by atoms with Crippen LogP contribution >= 0.6 is 0 Å². The van der Waals surface area contributed by atoms with E-state index >= 15 is 0 Å². The molecule has 21 heavy (non-hydrogen) atoms. The lowest BCUT2D eigenvalue weighted by atomic mass is 10.1. The van der Waals surface area contributed by atoms with Crippen LogP contribution in [0.1, 0.15) is 28.8 Å². The molecule has 0 heterocycles. The summed E-state index contributed by atoms with van der Waals surface area (Å²) in [4.78, 5) is 11.7. The molecular weight excluding hydrogens is 269 g/mol. The number of rotatable bonds is 6. The van der Waals surface area contributed by atoms with E-state index in [1.165, 1.54) is 17.7 Å². The van der Waals surface area contributed by atoms with Crippen LogP contribution < -0.4 is 5.73 Å². The van der Waals surface area contributed by atoms with Crippen molar-refractivity contribution in [2.75, 3.05) is 12.3 Å². The van der Waals surface area contributed by atoms with Gasteiger partial charge in [-0.05, 0) is 43.0 Å². The van der Waals surface area contributed by atoms with Crippen LogP contribution in [-0.4, -0.2) is 12.6 Å². The van der Waals surface area contributed by atoms with Crippen LogP contribution in [0.2, 0.25) is 0 Å². The fourth-order valence-electron chi connectivity index (χ4n) is 2.02.